The summed E-state index contributed by atoms with van der Waals surface area (Å²) < 4.78 is 0. The second-order valence-corrected chi connectivity index (χ2v) is 6.76. The van der Waals surface area contributed by atoms with Gasteiger partial charge in [0.05, 0.1) is 26.2 Å². The highest BCUT2D eigenvalue weighted by Gasteiger charge is 2.32. The summed E-state index contributed by atoms with van der Waals surface area (Å²) in [5, 5.41) is 3.26. The number of carbonyl (C=O) groups excluding carboxylic acids is 2. The van der Waals surface area contributed by atoms with Gasteiger partial charge in [0.15, 0.2) is 6.04 Å². The van der Waals surface area contributed by atoms with Crippen LogP contribution in [0.25, 0.3) is 0 Å². The normalized spacial score (nSPS) is 29.0. The number of nitrogens with one attached hydrogen (secondary N) is 2. The van der Waals surface area contributed by atoms with Crippen molar-refractivity contribution < 1.29 is 14.5 Å². The minimum absolute atomic E-state index is 0.0202. The summed E-state index contributed by atoms with van der Waals surface area (Å²) in [6.07, 6.45) is 4.87. The molecule has 5 nitrogen and oxygen atoms in total. The quantitative estimate of drug-likeness (QED) is 0.759. The van der Waals surface area contributed by atoms with E-state index in [1.807, 2.05) is 11.8 Å². The molecule has 1 aliphatic carbocycles. The number of hydrogen-bond donors (Lipinski definition) is 2. The van der Waals surface area contributed by atoms with Crippen molar-refractivity contribution in [2.75, 3.05) is 26.2 Å². The number of rotatable bonds is 3. The van der Waals surface area contributed by atoms with Gasteiger partial charge in [-0.25, -0.2) is 0 Å². The molecule has 21 heavy (non-hydrogen) atoms. The van der Waals surface area contributed by atoms with Crippen LogP contribution in [0.1, 0.15) is 46.5 Å². The Labute approximate surface area is 128 Å². The molecule has 1 saturated carbocycles. The maximum absolute atomic E-state index is 12.5. The highest BCUT2D eigenvalue weighted by Crippen LogP contribution is 2.23. The van der Waals surface area contributed by atoms with Crippen LogP contribution in [0, 0.1) is 5.92 Å². The summed E-state index contributed by atoms with van der Waals surface area (Å²) in [6.45, 7) is 9.15. The van der Waals surface area contributed by atoms with E-state index in [9.17, 15) is 9.59 Å². The first kappa shape index (κ1) is 16.3. The zero-order chi connectivity index (χ0) is 15.4. The Morgan fingerprint density at radius 3 is 2.38 bits per heavy atom. The predicted octanol–water partition coefficient (Wildman–Crippen LogP) is -0.183. The standard InChI is InChI=1S/C16H29N3O2/c1-12-6-4-5-7-15(12)17-16(21)13(2)18-8-10-19(11-9-18)14(3)20/h12-13,15H,4-11H2,1-3H3,(H,17,21)/p+1/t12-,13+,15+/m0/s1. The Hall–Kier alpha value is -1.10. The Morgan fingerprint density at radius 2 is 1.81 bits per heavy atom. The fourth-order valence-corrected chi connectivity index (χ4v) is 3.57. The van der Waals surface area contributed by atoms with Crippen molar-refractivity contribution in [2.45, 2.75) is 58.5 Å². The van der Waals surface area contributed by atoms with Gasteiger partial charge in [0.2, 0.25) is 5.91 Å². The zero-order valence-corrected chi connectivity index (χ0v) is 13.7. The van der Waals surface area contributed by atoms with Crippen molar-refractivity contribution in [1.82, 2.24) is 10.2 Å². The van der Waals surface area contributed by atoms with E-state index < -0.39 is 0 Å². The van der Waals surface area contributed by atoms with Crippen LogP contribution in [0.5, 0.6) is 0 Å². The number of piperazine rings is 1. The van der Waals surface area contributed by atoms with Crippen LogP contribution in [-0.2, 0) is 9.59 Å². The van der Waals surface area contributed by atoms with E-state index in [0.717, 1.165) is 32.6 Å². The lowest BCUT2D eigenvalue weighted by molar-refractivity contribution is -0.918. The van der Waals surface area contributed by atoms with Crippen LogP contribution < -0.4 is 10.2 Å². The predicted molar refractivity (Wildman–Crippen MR) is 82.0 cm³/mol. The molecule has 0 spiro atoms. The lowest BCUT2D eigenvalue weighted by Gasteiger charge is -2.36. The van der Waals surface area contributed by atoms with E-state index in [1.165, 1.54) is 24.2 Å². The highest BCUT2D eigenvalue weighted by molar-refractivity contribution is 5.80. The summed E-state index contributed by atoms with van der Waals surface area (Å²) in [6, 6.07) is 0.333. The van der Waals surface area contributed by atoms with Crippen molar-refractivity contribution in [3.63, 3.8) is 0 Å². The SMILES string of the molecule is CC(=O)N1CC[NH+]([C@H](C)C(=O)N[C@@H]2CCCC[C@@H]2C)CC1. The molecule has 2 aliphatic rings. The van der Waals surface area contributed by atoms with Gasteiger partial charge in [0, 0.05) is 13.0 Å². The lowest BCUT2D eigenvalue weighted by Crippen LogP contribution is -3.19. The molecule has 120 valence electrons. The zero-order valence-electron chi connectivity index (χ0n) is 13.7. The first-order valence-electron chi connectivity index (χ1n) is 8.39. The molecule has 5 heteroatoms. The van der Waals surface area contributed by atoms with Gasteiger partial charge in [0.1, 0.15) is 0 Å². The number of nitrogens with zero attached hydrogens (tertiary/aromatic N) is 1. The van der Waals surface area contributed by atoms with E-state index in [2.05, 4.69) is 12.2 Å². The summed E-state index contributed by atoms with van der Waals surface area (Å²) in [7, 11) is 0. The summed E-state index contributed by atoms with van der Waals surface area (Å²) >= 11 is 0. The van der Waals surface area contributed by atoms with Crippen LogP contribution in [0.2, 0.25) is 0 Å². The van der Waals surface area contributed by atoms with Gasteiger partial charge >= 0.3 is 0 Å². The molecular weight excluding hydrogens is 266 g/mol. The van der Waals surface area contributed by atoms with Crippen LogP contribution in [0.4, 0.5) is 0 Å². The minimum Gasteiger partial charge on any atom is -0.348 e. The highest BCUT2D eigenvalue weighted by atomic mass is 16.2. The molecule has 0 unspecified atom stereocenters. The van der Waals surface area contributed by atoms with Crippen molar-refractivity contribution in [3.05, 3.63) is 0 Å². The molecular formula is C16H30N3O2+. The van der Waals surface area contributed by atoms with E-state index >= 15 is 0 Å². The average molecular weight is 296 g/mol. The Morgan fingerprint density at radius 1 is 1.19 bits per heavy atom. The molecule has 2 amide bonds. The number of quaternary nitrogens is 1. The van der Waals surface area contributed by atoms with Gasteiger partial charge < -0.3 is 15.1 Å². The van der Waals surface area contributed by atoms with E-state index in [1.54, 1.807) is 6.92 Å². The molecule has 1 aliphatic heterocycles. The molecule has 0 bridgehead atoms. The maximum Gasteiger partial charge on any atom is 0.278 e. The van der Waals surface area contributed by atoms with E-state index in [-0.39, 0.29) is 17.9 Å². The third-order valence-corrected chi connectivity index (χ3v) is 5.30. The first-order chi connectivity index (χ1) is 9.99. The second-order valence-electron chi connectivity index (χ2n) is 6.76. The fraction of sp³-hybridized carbons (Fsp3) is 0.875. The first-order valence-corrected chi connectivity index (χ1v) is 8.39. The van der Waals surface area contributed by atoms with Gasteiger partial charge in [-0.1, -0.05) is 19.8 Å². The van der Waals surface area contributed by atoms with Crippen molar-refractivity contribution in [1.29, 1.82) is 0 Å². The van der Waals surface area contributed by atoms with Crippen LogP contribution >= 0.6 is 0 Å². The molecule has 3 atom stereocenters. The molecule has 0 aromatic heterocycles. The van der Waals surface area contributed by atoms with Gasteiger partial charge in [0.25, 0.3) is 5.91 Å². The minimum atomic E-state index is -0.0202. The monoisotopic (exact) mass is 296 g/mol. The fourth-order valence-electron chi connectivity index (χ4n) is 3.57. The topological polar surface area (TPSA) is 53.9 Å². The molecule has 0 radical (unpaired) electrons. The number of amides is 2. The largest absolute Gasteiger partial charge is 0.348 e. The smallest absolute Gasteiger partial charge is 0.278 e. The summed E-state index contributed by atoms with van der Waals surface area (Å²) in [5.41, 5.74) is 0. The molecule has 2 fully saturated rings. The van der Waals surface area contributed by atoms with Crippen molar-refractivity contribution >= 4 is 11.8 Å². The van der Waals surface area contributed by atoms with Gasteiger partial charge in [-0.2, -0.15) is 0 Å². The van der Waals surface area contributed by atoms with Crippen molar-refractivity contribution in [2.24, 2.45) is 5.92 Å². The van der Waals surface area contributed by atoms with E-state index in [4.69, 9.17) is 0 Å². The number of carbonyl (C=O) groups is 2. The molecule has 1 saturated heterocycles. The number of hydrogen-bond acceptors (Lipinski definition) is 2. The Balaban J connectivity index is 1.81. The van der Waals surface area contributed by atoms with Crippen molar-refractivity contribution in [3.8, 4) is 0 Å². The third kappa shape index (κ3) is 4.19. The van der Waals surface area contributed by atoms with Crippen LogP contribution in [0.3, 0.4) is 0 Å². The molecule has 0 aromatic rings. The van der Waals surface area contributed by atoms with Crippen LogP contribution in [0.15, 0.2) is 0 Å². The molecule has 0 aromatic carbocycles. The average Bonchev–Trinajstić information content (AvgIpc) is 2.49. The summed E-state index contributed by atoms with van der Waals surface area (Å²) in [5.74, 6) is 0.918. The van der Waals surface area contributed by atoms with Crippen LogP contribution in [-0.4, -0.2) is 55.0 Å². The maximum atomic E-state index is 12.5. The Kier molecular flexibility index (Phi) is 5.62. The third-order valence-electron chi connectivity index (χ3n) is 5.30. The lowest BCUT2D eigenvalue weighted by atomic mass is 9.86. The van der Waals surface area contributed by atoms with E-state index in [0.29, 0.717) is 12.0 Å². The van der Waals surface area contributed by atoms with Gasteiger partial charge in [-0.3, -0.25) is 9.59 Å². The Bertz CT molecular complexity index is 378. The summed E-state index contributed by atoms with van der Waals surface area (Å²) in [4.78, 5) is 27.0. The molecule has 2 N–H and O–H groups in total. The van der Waals surface area contributed by atoms with Gasteiger partial charge in [-0.05, 0) is 25.7 Å². The van der Waals surface area contributed by atoms with Gasteiger partial charge in [-0.15, -0.1) is 0 Å². The molecule has 1 heterocycles. The second kappa shape index (κ2) is 7.25. The molecule has 2 rings (SSSR count).